The van der Waals surface area contributed by atoms with Crippen molar-refractivity contribution in [3.05, 3.63) is 0 Å². The number of amides is 2. The van der Waals surface area contributed by atoms with Gasteiger partial charge < -0.3 is 16.6 Å². The van der Waals surface area contributed by atoms with Gasteiger partial charge in [0.25, 0.3) is 5.97 Å². The first kappa shape index (κ1) is 14.0. The van der Waals surface area contributed by atoms with Gasteiger partial charge in [-0.05, 0) is 13.8 Å². The van der Waals surface area contributed by atoms with Crippen molar-refractivity contribution in [3.8, 4) is 0 Å². The number of carbonyl (C=O) groups excluding carboxylic acids is 2. The summed E-state index contributed by atoms with van der Waals surface area (Å²) in [6.07, 6.45) is 0. The molecule has 0 aromatic heterocycles. The molecule has 0 unspecified atom stereocenters. The molecular formula is C7H14N2O4. The third-order valence-electron chi connectivity index (χ3n) is 1.23. The summed E-state index contributed by atoms with van der Waals surface area (Å²) in [7, 11) is 0. The van der Waals surface area contributed by atoms with E-state index in [0.717, 1.165) is 6.92 Å². The number of hydrogen-bond donors (Lipinski definition) is 3. The monoisotopic (exact) mass is 190 g/mol. The minimum Gasteiger partial charge on any atom is -0.481 e. The standard InChI is InChI=1S/C5H10N2O2.C2H4O2/c1-5(2,3(6)8)4(7)9;1-2(3)4/h1-2H3,(H2,6,8)(H2,7,9);1H3,(H,3,4). The third-order valence-corrected chi connectivity index (χ3v) is 1.23. The zero-order valence-electron chi connectivity index (χ0n) is 7.83. The van der Waals surface area contributed by atoms with Crippen molar-refractivity contribution in [1.82, 2.24) is 0 Å². The molecule has 0 aromatic carbocycles. The van der Waals surface area contributed by atoms with Gasteiger partial charge in [-0.1, -0.05) is 0 Å². The Labute approximate surface area is 75.9 Å². The summed E-state index contributed by atoms with van der Waals surface area (Å²) in [5.41, 5.74) is 8.44. The molecule has 2 amide bonds. The summed E-state index contributed by atoms with van der Waals surface area (Å²) in [4.78, 5) is 29.8. The molecule has 0 spiro atoms. The lowest BCUT2D eigenvalue weighted by atomic mass is 9.92. The van der Waals surface area contributed by atoms with E-state index < -0.39 is 23.2 Å². The van der Waals surface area contributed by atoms with Crippen molar-refractivity contribution in [1.29, 1.82) is 0 Å². The smallest absolute Gasteiger partial charge is 0.300 e. The molecule has 6 heteroatoms. The van der Waals surface area contributed by atoms with Gasteiger partial charge in [-0.2, -0.15) is 0 Å². The van der Waals surface area contributed by atoms with Crippen LogP contribution in [-0.2, 0) is 14.4 Å². The summed E-state index contributed by atoms with van der Waals surface area (Å²) in [5.74, 6) is -2.23. The van der Waals surface area contributed by atoms with Gasteiger partial charge in [0.05, 0.1) is 0 Å². The van der Waals surface area contributed by atoms with Gasteiger partial charge in [0.1, 0.15) is 5.41 Å². The number of rotatable bonds is 2. The van der Waals surface area contributed by atoms with Crippen LogP contribution in [0.1, 0.15) is 20.8 Å². The highest BCUT2D eigenvalue weighted by molar-refractivity contribution is 6.02. The SMILES string of the molecule is CC(=O)O.CC(C)(C(N)=O)C(N)=O. The largest absolute Gasteiger partial charge is 0.481 e. The molecule has 0 bridgehead atoms. The molecule has 0 radical (unpaired) electrons. The van der Waals surface area contributed by atoms with Crippen molar-refractivity contribution >= 4 is 17.8 Å². The van der Waals surface area contributed by atoms with Crippen LogP contribution in [0.4, 0.5) is 0 Å². The van der Waals surface area contributed by atoms with Crippen LogP contribution < -0.4 is 11.5 Å². The van der Waals surface area contributed by atoms with Gasteiger partial charge >= 0.3 is 0 Å². The summed E-state index contributed by atoms with van der Waals surface area (Å²) < 4.78 is 0. The van der Waals surface area contributed by atoms with Crippen molar-refractivity contribution in [3.63, 3.8) is 0 Å². The average molecular weight is 190 g/mol. The molecule has 0 aliphatic heterocycles. The number of hydrogen-bond acceptors (Lipinski definition) is 3. The first-order chi connectivity index (χ1) is 5.62. The molecule has 0 saturated heterocycles. The predicted molar refractivity (Wildman–Crippen MR) is 45.5 cm³/mol. The number of nitrogens with two attached hydrogens (primary N) is 2. The lowest BCUT2D eigenvalue weighted by Crippen LogP contribution is -2.42. The van der Waals surface area contributed by atoms with Crippen molar-refractivity contribution in [2.45, 2.75) is 20.8 Å². The lowest BCUT2D eigenvalue weighted by Gasteiger charge is -2.14. The second-order valence-corrected chi connectivity index (χ2v) is 2.87. The van der Waals surface area contributed by atoms with E-state index in [2.05, 4.69) is 0 Å². The van der Waals surface area contributed by atoms with Crippen LogP contribution >= 0.6 is 0 Å². The van der Waals surface area contributed by atoms with E-state index in [1.165, 1.54) is 13.8 Å². The Morgan fingerprint density at radius 1 is 1.08 bits per heavy atom. The molecule has 0 saturated carbocycles. The first-order valence-electron chi connectivity index (χ1n) is 3.41. The quantitative estimate of drug-likeness (QED) is 0.487. The minimum absolute atomic E-state index is 0.699. The van der Waals surface area contributed by atoms with Crippen LogP contribution in [0, 0.1) is 5.41 Å². The topological polar surface area (TPSA) is 123 Å². The molecule has 76 valence electrons. The van der Waals surface area contributed by atoms with Crippen molar-refractivity contribution in [2.24, 2.45) is 16.9 Å². The van der Waals surface area contributed by atoms with Crippen LogP contribution in [0.3, 0.4) is 0 Å². The molecule has 0 aliphatic rings. The Balaban J connectivity index is 0. The van der Waals surface area contributed by atoms with E-state index >= 15 is 0 Å². The maximum absolute atomic E-state index is 10.4. The third kappa shape index (κ3) is 6.79. The fourth-order valence-electron chi connectivity index (χ4n) is 0.121. The number of carbonyl (C=O) groups is 3. The summed E-state index contributed by atoms with van der Waals surface area (Å²) >= 11 is 0. The lowest BCUT2D eigenvalue weighted by molar-refractivity contribution is -0.137. The molecule has 13 heavy (non-hydrogen) atoms. The van der Waals surface area contributed by atoms with Gasteiger partial charge in [0.15, 0.2) is 0 Å². The van der Waals surface area contributed by atoms with E-state index in [1.54, 1.807) is 0 Å². The highest BCUT2D eigenvalue weighted by atomic mass is 16.4. The molecule has 0 fully saturated rings. The van der Waals surface area contributed by atoms with Crippen molar-refractivity contribution in [2.75, 3.05) is 0 Å². The van der Waals surface area contributed by atoms with E-state index in [1.807, 2.05) is 0 Å². The van der Waals surface area contributed by atoms with E-state index in [9.17, 15) is 9.59 Å². The molecule has 0 aliphatic carbocycles. The fraction of sp³-hybridized carbons (Fsp3) is 0.571. The molecular weight excluding hydrogens is 176 g/mol. The average Bonchev–Trinajstić information content (AvgIpc) is 1.85. The number of aliphatic carboxylic acids is 1. The van der Waals surface area contributed by atoms with Crippen molar-refractivity contribution < 1.29 is 19.5 Å². The molecule has 0 heterocycles. The van der Waals surface area contributed by atoms with E-state index in [0.29, 0.717) is 0 Å². The molecule has 0 aromatic rings. The highest BCUT2D eigenvalue weighted by Crippen LogP contribution is 2.11. The maximum atomic E-state index is 10.4. The van der Waals surface area contributed by atoms with Crippen LogP contribution in [0.15, 0.2) is 0 Å². The molecule has 0 rings (SSSR count). The molecule has 5 N–H and O–H groups in total. The van der Waals surface area contributed by atoms with Gasteiger partial charge in [-0.25, -0.2) is 0 Å². The Morgan fingerprint density at radius 3 is 1.23 bits per heavy atom. The summed E-state index contributed by atoms with van der Waals surface area (Å²) in [6.45, 7) is 3.86. The zero-order chi connectivity index (χ0) is 11.2. The van der Waals surface area contributed by atoms with Crippen LogP contribution in [0.2, 0.25) is 0 Å². The molecule has 0 atom stereocenters. The first-order valence-corrected chi connectivity index (χ1v) is 3.41. The predicted octanol–water partition coefficient (Wildman–Crippen LogP) is -0.926. The minimum atomic E-state index is -1.22. The van der Waals surface area contributed by atoms with E-state index in [-0.39, 0.29) is 0 Å². The highest BCUT2D eigenvalue weighted by Gasteiger charge is 2.31. The Hall–Kier alpha value is -1.59. The van der Waals surface area contributed by atoms with Crippen LogP contribution in [0.25, 0.3) is 0 Å². The fourth-order valence-corrected chi connectivity index (χ4v) is 0.121. The second-order valence-electron chi connectivity index (χ2n) is 2.87. The second kappa shape index (κ2) is 5.13. The number of carboxylic acid groups (broad SMARTS) is 1. The normalized spacial score (nSPS) is 9.46. The summed E-state index contributed by atoms with van der Waals surface area (Å²) in [6, 6.07) is 0. The van der Waals surface area contributed by atoms with Crippen LogP contribution in [-0.4, -0.2) is 22.9 Å². The van der Waals surface area contributed by atoms with Gasteiger partial charge in [0.2, 0.25) is 11.8 Å². The summed E-state index contributed by atoms with van der Waals surface area (Å²) in [5, 5.41) is 7.42. The number of primary amides is 2. The Morgan fingerprint density at radius 2 is 1.23 bits per heavy atom. The van der Waals surface area contributed by atoms with Gasteiger partial charge in [0, 0.05) is 6.92 Å². The number of carboxylic acids is 1. The Kier molecular flexibility index (Phi) is 5.51. The van der Waals surface area contributed by atoms with Crippen LogP contribution in [0.5, 0.6) is 0 Å². The molecule has 6 nitrogen and oxygen atoms in total. The zero-order valence-corrected chi connectivity index (χ0v) is 7.83. The Bertz CT molecular complexity index is 203. The van der Waals surface area contributed by atoms with Gasteiger partial charge in [-0.3, -0.25) is 14.4 Å². The van der Waals surface area contributed by atoms with E-state index in [4.69, 9.17) is 21.4 Å². The maximum Gasteiger partial charge on any atom is 0.300 e. The van der Waals surface area contributed by atoms with Gasteiger partial charge in [-0.15, -0.1) is 0 Å².